The van der Waals surface area contributed by atoms with E-state index in [0.717, 1.165) is 104 Å². The Bertz CT molecular complexity index is 4580. The first-order valence-corrected chi connectivity index (χ1v) is 42.5. The third kappa shape index (κ3) is 22.0. The van der Waals surface area contributed by atoms with E-state index in [-0.39, 0.29) is 6.10 Å². The second-order valence-corrected chi connectivity index (χ2v) is 32.9. The van der Waals surface area contributed by atoms with Crippen molar-refractivity contribution in [1.29, 1.82) is 0 Å². The van der Waals surface area contributed by atoms with Gasteiger partial charge in [-0.15, -0.1) is 0 Å². The number of fused-ring (bicyclic) bond motifs is 4. The molecule has 0 radical (unpaired) electrons. The van der Waals surface area contributed by atoms with Crippen molar-refractivity contribution in [1.82, 2.24) is 0 Å². The van der Waals surface area contributed by atoms with Crippen LogP contribution in [0, 0.1) is 69.2 Å². The predicted octanol–water partition coefficient (Wildman–Crippen LogP) is 13.1. The van der Waals surface area contributed by atoms with Crippen molar-refractivity contribution in [2.45, 2.75) is 270 Å². The molecule has 0 saturated carbocycles. The van der Waals surface area contributed by atoms with E-state index in [0.29, 0.717) is 19.8 Å². The van der Waals surface area contributed by atoms with Crippen LogP contribution in [0.15, 0.2) is 170 Å². The van der Waals surface area contributed by atoms with Crippen molar-refractivity contribution >= 4 is 0 Å². The lowest BCUT2D eigenvalue weighted by atomic mass is 9.93. The second-order valence-electron chi connectivity index (χ2n) is 32.9. The van der Waals surface area contributed by atoms with E-state index in [1.165, 1.54) is 33.4 Å². The van der Waals surface area contributed by atoms with Crippen molar-refractivity contribution in [3.8, 4) is 0 Å². The highest BCUT2D eigenvalue weighted by atomic mass is 16.8. The molecule has 8 N–H and O–H groups in total. The normalized spacial score (nSPS) is 30.4. The van der Waals surface area contributed by atoms with Gasteiger partial charge in [0, 0.05) is 44.5 Å². The van der Waals surface area contributed by atoms with Crippen LogP contribution in [-0.2, 0) is 88.6 Å². The first-order chi connectivity index (χ1) is 58.4. The van der Waals surface area contributed by atoms with Gasteiger partial charge in [0.05, 0.1) is 52.4 Å². The number of hydrogen-bond acceptors (Lipinski definition) is 24. The van der Waals surface area contributed by atoms with Gasteiger partial charge >= 0.3 is 0 Å². The molecule has 654 valence electrons. The van der Waals surface area contributed by atoms with Crippen molar-refractivity contribution in [2.75, 3.05) is 46.2 Å². The van der Waals surface area contributed by atoms with Crippen LogP contribution in [0.5, 0.6) is 0 Å². The molecule has 25 atom stereocenters. The molecule has 0 spiro atoms. The Morgan fingerprint density at radius 1 is 0.264 bits per heavy atom. The lowest BCUT2D eigenvalue weighted by molar-refractivity contribution is -0.391. The van der Waals surface area contributed by atoms with Crippen LogP contribution >= 0.6 is 0 Å². The fourth-order valence-corrected chi connectivity index (χ4v) is 16.0. The summed E-state index contributed by atoms with van der Waals surface area (Å²) in [4.78, 5) is 0. The summed E-state index contributed by atoms with van der Waals surface area (Å²) in [5.41, 5.74) is 21.2. The molecule has 16 rings (SSSR count). The first kappa shape index (κ1) is 91.5. The maximum atomic E-state index is 10.7. The average Bonchev–Trinajstić information content (AvgIpc) is 0.765. The van der Waals surface area contributed by atoms with Gasteiger partial charge in [0.15, 0.2) is 50.3 Å². The Labute approximate surface area is 710 Å². The van der Waals surface area contributed by atoms with E-state index in [1.54, 1.807) is 0 Å². The van der Waals surface area contributed by atoms with E-state index in [9.17, 15) is 40.9 Å². The van der Waals surface area contributed by atoms with E-state index >= 15 is 0 Å². The van der Waals surface area contributed by atoms with Crippen LogP contribution in [0.25, 0.3) is 0 Å². The van der Waals surface area contributed by atoms with E-state index in [1.807, 2.05) is 187 Å². The van der Waals surface area contributed by atoms with E-state index in [4.69, 9.17) is 75.8 Å². The number of aliphatic hydroxyl groups is 8. The molecule has 8 fully saturated rings. The molecule has 24 nitrogen and oxygen atoms in total. The SMILES string of the molecule is CCCC1OC(c2ccc(C)c(C)c2)OC2C(C(O)CO)OC(c3ccc(C)c(C)c3)OC12.CCc1ccc(C2OC3COC(c4ccc(CC)cc4)OC3C(C(O)CO)O2)cc1.Cc1ccc(C2OC3COC(c4ccc(C)c(C)c4)OC3C(C(O)CO)O2)cc1C.Cc1ccc(C2OC3COC(c4ccc(C)cc4)OC3C(C(O)CO)O2)cc1. The third-order valence-electron chi connectivity index (χ3n) is 24.1. The largest absolute Gasteiger partial charge is 0.394 e. The third-order valence-corrected chi connectivity index (χ3v) is 24.1. The van der Waals surface area contributed by atoms with Crippen LogP contribution in [0.2, 0.25) is 0 Å². The minimum atomic E-state index is -1.10. The number of aliphatic hydroxyl groups excluding tert-OH is 8. The zero-order chi connectivity index (χ0) is 85.9. The monoisotopic (exact) mass is 1670 g/mol. The number of benzene rings is 8. The predicted molar refractivity (Wildman–Crippen MR) is 448 cm³/mol. The molecule has 0 aromatic heterocycles. The summed E-state index contributed by atoms with van der Waals surface area (Å²) in [6.45, 7) is 26.0. The van der Waals surface area contributed by atoms with Crippen LogP contribution in [0.3, 0.4) is 0 Å². The summed E-state index contributed by atoms with van der Waals surface area (Å²) in [5.74, 6) is 0. The first-order valence-electron chi connectivity index (χ1n) is 42.5. The average molecular weight is 1670 g/mol. The molecule has 0 bridgehead atoms. The summed E-state index contributed by atoms with van der Waals surface area (Å²) in [5, 5.41) is 80.5. The van der Waals surface area contributed by atoms with Gasteiger partial charge in [-0.3, -0.25) is 0 Å². The van der Waals surface area contributed by atoms with Crippen molar-refractivity contribution in [3.63, 3.8) is 0 Å². The Morgan fingerprint density at radius 2 is 0.512 bits per heavy atom. The molecule has 8 aliphatic heterocycles. The van der Waals surface area contributed by atoms with Crippen LogP contribution in [0.4, 0.5) is 0 Å². The quantitative estimate of drug-likeness (QED) is 0.0351. The van der Waals surface area contributed by atoms with Gasteiger partial charge in [-0.25, -0.2) is 0 Å². The summed E-state index contributed by atoms with van der Waals surface area (Å²) in [6, 6.07) is 56.1. The Balaban J connectivity index is 0.000000139. The molecule has 24 heteroatoms. The van der Waals surface area contributed by atoms with Gasteiger partial charge in [-0.05, 0) is 144 Å². The van der Waals surface area contributed by atoms with Crippen molar-refractivity contribution < 1.29 is 117 Å². The summed E-state index contributed by atoms with van der Waals surface area (Å²) >= 11 is 0. The summed E-state index contributed by atoms with van der Waals surface area (Å²) in [6.07, 6.45) is -12.8. The van der Waals surface area contributed by atoms with Crippen molar-refractivity contribution in [3.05, 3.63) is 281 Å². The van der Waals surface area contributed by atoms with Gasteiger partial charge in [-0.1, -0.05) is 208 Å². The number of aryl methyl sites for hydroxylation is 12. The maximum absolute atomic E-state index is 10.7. The Hall–Kier alpha value is -7.20. The standard InChI is InChI=1S/C27H36O6.2C24H30O6.C22H26O6/c1-6-7-22-24-25(33-26(30-22)19-10-8-15(2)17(4)12-19)23(21(29)14-28)31-27(32-24)20-11-9-16(3)18(5)13-20;1-13-5-7-17(9-15(13)3)23-27-12-20-22(30-23)21(19(26)11-25)29-24(28-20)18-8-6-14(2)16(4)10-18;1-3-15-5-9-17(10-6-15)23-27-14-20-22(30-23)21(19(26)13-25)29-24(28-20)18-11-7-16(4-2)8-12-18;1-13-3-7-15(8-4-13)21-25-12-18-20(28-21)19(17(24)11-23)27-22(26-18)16-9-5-14(2)6-10-16/h8-13,21-29H,6-7,14H2,1-5H3;5-10,19-26H,11-12H2,1-4H3;5-12,19-26H,3-4,13-14H2,1-2H3;3-10,17-24H,11-12H2,1-2H3. The topological polar surface area (TPSA) is 310 Å². The fraction of sp³-hybridized carbons (Fsp3) is 0.505. The molecular formula is C97H122O24. The number of ether oxygens (including phenoxy) is 16. The minimum absolute atomic E-state index is 0.230. The fourth-order valence-electron chi connectivity index (χ4n) is 16.0. The van der Waals surface area contributed by atoms with E-state index in [2.05, 4.69) is 72.7 Å². The molecule has 8 saturated heterocycles. The number of hydrogen-bond donors (Lipinski definition) is 8. The van der Waals surface area contributed by atoms with Gasteiger partial charge in [0.2, 0.25) is 0 Å². The Kier molecular flexibility index (Phi) is 31.9. The molecule has 0 amide bonds. The van der Waals surface area contributed by atoms with Crippen LogP contribution in [-0.4, -0.2) is 191 Å². The van der Waals surface area contributed by atoms with Gasteiger partial charge in [-0.2, -0.15) is 0 Å². The van der Waals surface area contributed by atoms with Gasteiger partial charge in [0.1, 0.15) is 97.7 Å². The lowest BCUT2D eigenvalue weighted by Gasteiger charge is -2.50. The van der Waals surface area contributed by atoms with Gasteiger partial charge < -0.3 is 117 Å². The highest BCUT2D eigenvalue weighted by Gasteiger charge is 2.54. The highest BCUT2D eigenvalue weighted by Crippen LogP contribution is 2.46. The highest BCUT2D eigenvalue weighted by molar-refractivity contribution is 5.36. The Morgan fingerprint density at radius 3 is 0.818 bits per heavy atom. The number of rotatable bonds is 20. The minimum Gasteiger partial charge on any atom is -0.394 e. The molecule has 8 heterocycles. The second kappa shape index (κ2) is 42.2. The molecule has 8 aromatic rings. The molecule has 25 unspecified atom stereocenters. The molecule has 8 aliphatic rings. The molecule has 0 aliphatic carbocycles. The van der Waals surface area contributed by atoms with Crippen molar-refractivity contribution in [2.24, 2.45) is 0 Å². The smallest absolute Gasteiger partial charge is 0.185 e. The summed E-state index contributed by atoms with van der Waals surface area (Å²) < 4.78 is 98.3. The zero-order valence-corrected chi connectivity index (χ0v) is 71.5. The molecule has 8 aromatic carbocycles. The maximum Gasteiger partial charge on any atom is 0.185 e. The molecule has 121 heavy (non-hydrogen) atoms. The molecular weight excluding hydrogens is 1550 g/mol. The van der Waals surface area contributed by atoms with Gasteiger partial charge in [0.25, 0.3) is 0 Å². The lowest BCUT2D eigenvalue weighted by Crippen LogP contribution is -2.61. The summed E-state index contributed by atoms with van der Waals surface area (Å²) in [7, 11) is 0. The van der Waals surface area contributed by atoms with E-state index < -0.39 is 174 Å². The van der Waals surface area contributed by atoms with Crippen LogP contribution in [0.1, 0.15) is 195 Å². The van der Waals surface area contributed by atoms with Crippen LogP contribution < -0.4 is 0 Å². The zero-order valence-electron chi connectivity index (χ0n) is 71.5.